The van der Waals surface area contributed by atoms with Gasteiger partial charge in [-0.1, -0.05) is 13.3 Å². The lowest BCUT2D eigenvalue weighted by atomic mass is 10.1. The first kappa shape index (κ1) is 10.2. The van der Waals surface area contributed by atoms with Gasteiger partial charge in [-0.05, 0) is 34.7 Å². The Morgan fingerprint density at radius 3 is 3.07 bits per heavy atom. The van der Waals surface area contributed by atoms with Gasteiger partial charge in [-0.2, -0.15) is 0 Å². The van der Waals surface area contributed by atoms with Crippen molar-refractivity contribution in [2.75, 3.05) is 0 Å². The summed E-state index contributed by atoms with van der Waals surface area (Å²) in [5, 5.41) is 3.55. The van der Waals surface area contributed by atoms with Gasteiger partial charge in [0, 0.05) is 6.04 Å². The van der Waals surface area contributed by atoms with Crippen LogP contribution in [0.1, 0.15) is 32.0 Å². The number of hydrogen-bond donors (Lipinski definition) is 2. The third-order valence-electron chi connectivity index (χ3n) is 2.99. The average molecular weight is 258 g/mol. The zero-order valence-electron chi connectivity index (χ0n) is 8.39. The Kier molecular flexibility index (Phi) is 3.23. The molecule has 0 aromatic carbocycles. The van der Waals surface area contributed by atoms with Gasteiger partial charge < -0.3 is 10.3 Å². The van der Waals surface area contributed by atoms with Crippen molar-refractivity contribution < 1.29 is 0 Å². The molecule has 0 amide bonds. The summed E-state index contributed by atoms with van der Waals surface area (Å²) in [6.07, 6.45) is 5.83. The first-order valence-corrected chi connectivity index (χ1v) is 5.98. The molecular weight excluding hydrogens is 242 g/mol. The molecule has 1 saturated carbocycles. The second-order valence-corrected chi connectivity index (χ2v) is 4.93. The summed E-state index contributed by atoms with van der Waals surface area (Å²) >= 11 is 3.35. The summed E-state index contributed by atoms with van der Waals surface area (Å²) in [6.45, 7) is 3.17. The molecule has 2 unspecified atom stereocenters. The highest BCUT2D eigenvalue weighted by atomic mass is 79.9. The van der Waals surface area contributed by atoms with Crippen molar-refractivity contribution in [1.82, 2.24) is 15.3 Å². The van der Waals surface area contributed by atoms with Gasteiger partial charge >= 0.3 is 0 Å². The van der Waals surface area contributed by atoms with Crippen LogP contribution in [0, 0.1) is 5.92 Å². The van der Waals surface area contributed by atoms with Gasteiger partial charge in [0.1, 0.15) is 10.4 Å². The van der Waals surface area contributed by atoms with Crippen LogP contribution in [-0.4, -0.2) is 16.0 Å². The standard InChI is InChI=1S/C10H16BrN3/c1-7-3-2-4-8(7)12-6-10-13-5-9(11)14-10/h5,7-8,12H,2-4,6H2,1H3,(H,13,14). The van der Waals surface area contributed by atoms with E-state index >= 15 is 0 Å². The molecule has 0 radical (unpaired) electrons. The van der Waals surface area contributed by atoms with E-state index in [4.69, 9.17) is 0 Å². The molecular formula is C10H16BrN3. The van der Waals surface area contributed by atoms with Crippen molar-refractivity contribution in [3.05, 3.63) is 16.6 Å². The Hall–Kier alpha value is -0.350. The predicted octanol–water partition coefficient (Wildman–Crippen LogP) is 2.45. The van der Waals surface area contributed by atoms with Crippen molar-refractivity contribution in [3.63, 3.8) is 0 Å². The molecule has 1 aliphatic rings. The SMILES string of the molecule is CC1CCCC1NCc1ncc(Br)[nH]1. The summed E-state index contributed by atoms with van der Waals surface area (Å²) in [4.78, 5) is 7.39. The third kappa shape index (κ3) is 2.36. The number of hydrogen-bond acceptors (Lipinski definition) is 2. The molecule has 2 atom stereocenters. The second kappa shape index (κ2) is 4.45. The van der Waals surface area contributed by atoms with Crippen LogP contribution in [0.3, 0.4) is 0 Å². The molecule has 0 aliphatic heterocycles. The van der Waals surface area contributed by atoms with E-state index < -0.39 is 0 Å². The number of nitrogens with zero attached hydrogens (tertiary/aromatic N) is 1. The zero-order valence-corrected chi connectivity index (χ0v) is 9.97. The fourth-order valence-corrected chi connectivity index (χ4v) is 2.43. The van der Waals surface area contributed by atoms with Crippen LogP contribution in [0.25, 0.3) is 0 Å². The minimum Gasteiger partial charge on any atom is -0.336 e. The molecule has 4 heteroatoms. The number of aromatic amines is 1. The van der Waals surface area contributed by atoms with E-state index in [2.05, 4.69) is 38.1 Å². The Labute approximate surface area is 92.8 Å². The largest absolute Gasteiger partial charge is 0.336 e. The quantitative estimate of drug-likeness (QED) is 0.874. The lowest BCUT2D eigenvalue weighted by molar-refractivity contribution is 0.421. The van der Waals surface area contributed by atoms with Crippen LogP contribution in [0.2, 0.25) is 0 Å². The lowest BCUT2D eigenvalue weighted by Gasteiger charge is -2.16. The van der Waals surface area contributed by atoms with Gasteiger partial charge in [-0.3, -0.25) is 0 Å². The smallest absolute Gasteiger partial charge is 0.120 e. The first-order chi connectivity index (χ1) is 6.75. The van der Waals surface area contributed by atoms with Crippen LogP contribution in [0.5, 0.6) is 0 Å². The highest BCUT2D eigenvalue weighted by Gasteiger charge is 2.22. The van der Waals surface area contributed by atoms with E-state index in [1.54, 1.807) is 6.20 Å². The van der Waals surface area contributed by atoms with Crippen molar-refractivity contribution in [2.45, 2.75) is 38.8 Å². The number of halogens is 1. The minimum atomic E-state index is 0.680. The van der Waals surface area contributed by atoms with E-state index in [0.717, 1.165) is 22.9 Å². The molecule has 14 heavy (non-hydrogen) atoms. The summed E-state index contributed by atoms with van der Waals surface area (Å²) < 4.78 is 0.953. The van der Waals surface area contributed by atoms with Crippen LogP contribution in [-0.2, 0) is 6.54 Å². The van der Waals surface area contributed by atoms with Crippen molar-refractivity contribution in [2.24, 2.45) is 5.92 Å². The van der Waals surface area contributed by atoms with E-state index in [0.29, 0.717) is 6.04 Å². The average Bonchev–Trinajstić information content (AvgIpc) is 2.72. The minimum absolute atomic E-state index is 0.680. The van der Waals surface area contributed by atoms with Gasteiger partial charge in [-0.25, -0.2) is 4.98 Å². The molecule has 1 aromatic rings. The molecule has 3 nitrogen and oxygen atoms in total. The van der Waals surface area contributed by atoms with Crippen LogP contribution in [0.4, 0.5) is 0 Å². The number of rotatable bonds is 3. The highest BCUT2D eigenvalue weighted by molar-refractivity contribution is 9.10. The van der Waals surface area contributed by atoms with Gasteiger partial charge in [-0.15, -0.1) is 0 Å². The molecule has 1 heterocycles. The van der Waals surface area contributed by atoms with Gasteiger partial charge in [0.05, 0.1) is 12.7 Å². The topological polar surface area (TPSA) is 40.7 Å². The Bertz CT molecular complexity index is 297. The molecule has 0 saturated heterocycles. The monoisotopic (exact) mass is 257 g/mol. The molecule has 2 rings (SSSR count). The molecule has 0 bridgehead atoms. The zero-order chi connectivity index (χ0) is 9.97. The van der Waals surface area contributed by atoms with Gasteiger partial charge in [0.2, 0.25) is 0 Å². The Morgan fingerprint density at radius 2 is 2.50 bits per heavy atom. The Balaban J connectivity index is 1.82. The third-order valence-corrected chi connectivity index (χ3v) is 3.39. The lowest BCUT2D eigenvalue weighted by Crippen LogP contribution is -2.30. The van der Waals surface area contributed by atoms with E-state index in [-0.39, 0.29) is 0 Å². The first-order valence-electron chi connectivity index (χ1n) is 5.18. The van der Waals surface area contributed by atoms with Gasteiger partial charge in [0.25, 0.3) is 0 Å². The molecule has 1 fully saturated rings. The molecule has 0 spiro atoms. The fourth-order valence-electron chi connectivity index (χ4n) is 2.10. The van der Waals surface area contributed by atoms with Crippen LogP contribution in [0.15, 0.2) is 10.8 Å². The van der Waals surface area contributed by atoms with Crippen LogP contribution >= 0.6 is 15.9 Å². The number of nitrogens with one attached hydrogen (secondary N) is 2. The maximum Gasteiger partial charge on any atom is 0.120 e. The maximum atomic E-state index is 4.24. The molecule has 1 aliphatic carbocycles. The van der Waals surface area contributed by atoms with Crippen molar-refractivity contribution >= 4 is 15.9 Å². The molecule has 78 valence electrons. The number of imidazole rings is 1. The van der Waals surface area contributed by atoms with E-state index in [9.17, 15) is 0 Å². The summed E-state index contributed by atoms with van der Waals surface area (Å²) in [7, 11) is 0. The van der Waals surface area contributed by atoms with Gasteiger partial charge in [0.15, 0.2) is 0 Å². The summed E-state index contributed by atoms with van der Waals surface area (Å²) in [5.41, 5.74) is 0. The van der Waals surface area contributed by atoms with Crippen molar-refractivity contribution in [3.8, 4) is 0 Å². The fraction of sp³-hybridized carbons (Fsp3) is 0.700. The molecule has 2 N–H and O–H groups in total. The van der Waals surface area contributed by atoms with Crippen LogP contribution < -0.4 is 5.32 Å². The highest BCUT2D eigenvalue weighted by Crippen LogP contribution is 2.24. The maximum absolute atomic E-state index is 4.24. The van der Waals surface area contributed by atoms with Crippen molar-refractivity contribution in [1.29, 1.82) is 0 Å². The Morgan fingerprint density at radius 1 is 1.64 bits per heavy atom. The summed E-state index contributed by atoms with van der Waals surface area (Å²) in [6, 6.07) is 0.680. The normalized spacial score (nSPS) is 27.0. The number of aromatic nitrogens is 2. The second-order valence-electron chi connectivity index (χ2n) is 4.07. The van der Waals surface area contributed by atoms with E-state index in [1.165, 1.54) is 19.3 Å². The predicted molar refractivity (Wildman–Crippen MR) is 59.9 cm³/mol. The van der Waals surface area contributed by atoms with E-state index in [1.807, 2.05) is 0 Å². The summed E-state index contributed by atoms with van der Waals surface area (Å²) in [5.74, 6) is 1.82. The molecule has 1 aromatic heterocycles. The number of H-pyrrole nitrogens is 1.